The number of fused-ring (bicyclic) bond motifs is 2. The van der Waals surface area contributed by atoms with Gasteiger partial charge in [-0.15, -0.1) is 0 Å². The maximum Gasteiger partial charge on any atom is 0.148 e. The number of nitrogens with zero attached hydrogens (tertiary/aromatic N) is 2. The molecule has 0 amide bonds. The van der Waals surface area contributed by atoms with Crippen LogP contribution in [0, 0.1) is 0 Å². The monoisotopic (exact) mass is 279 g/mol. The number of aliphatic imine (C=N–C) groups is 1. The normalized spacial score (nSPS) is 16.6. The van der Waals surface area contributed by atoms with Crippen molar-refractivity contribution < 1.29 is 4.74 Å². The minimum absolute atomic E-state index is 0.491. The number of para-hydroxylation sites is 1. The smallest absolute Gasteiger partial charge is 0.148 e. The maximum atomic E-state index is 5.83. The molecule has 0 fully saturated rings. The number of ether oxygens (including phenoxy) is 1. The third kappa shape index (κ3) is 2.13. The van der Waals surface area contributed by atoms with E-state index >= 15 is 0 Å². The van der Waals surface area contributed by atoms with E-state index in [1.54, 1.807) is 0 Å². The molecule has 0 aliphatic carbocycles. The van der Waals surface area contributed by atoms with Crippen LogP contribution in [-0.4, -0.2) is 19.0 Å². The van der Waals surface area contributed by atoms with Crippen LogP contribution < -0.4 is 15.4 Å². The summed E-state index contributed by atoms with van der Waals surface area (Å²) in [7, 11) is 0. The average Bonchev–Trinajstić information content (AvgIpc) is 2.54. The van der Waals surface area contributed by atoms with Crippen LogP contribution in [0.25, 0.3) is 0 Å². The van der Waals surface area contributed by atoms with Gasteiger partial charge in [-0.25, -0.2) is 4.99 Å². The fourth-order valence-corrected chi connectivity index (χ4v) is 2.99. The van der Waals surface area contributed by atoms with Gasteiger partial charge in [0.25, 0.3) is 0 Å². The van der Waals surface area contributed by atoms with Gasteiger partial charge in [0.2, 0.25) is 0 Å². The lowest BCUT2D eigenvalue weighted by Gasteiger charge is -2.33. The molecule has 0 saturated carbocycles. The minimum atomic E-state index is 0.491. The quantitative estimate of drug-likeness (QED) is 0.754. The zero-order valence-electron chi connectivity index (χ0n) is 11.7. The Balaban J connectivity index is 1.74. The van der Waals surface area contributed by atoms with Crippen molar-refractivity contribution in [3.8, 4) is 5.75 Å². The zero-order chi connectivity index (χ0) is 14.2. The molecule has 0 saturated heterocycles. The molecule has 0 aromatic heterocycles. The number of amidine groups is 1. The molecule has 21 heavy (non-hydrogen) atoms. The van der Waals surface area contributed by atoms with E-state index in [9.17, 15) is 0 Å². The van der Waals surface area contributed by atoms with Gasteiger partial charge in [0.1, 0.15) is 23.9 Å². The van der Waals surface area contributed by atoms with Crippen LogP contribution in [0.15, 0.2) is 47.5 Å². The molecule has 0 bridgehead atoms. The summed E-state index contributed by atoms with van der Waals surface area (Å²) in [6, 6.07) is 14.1. The first-order valence-corrected chi connectivity index (χ1v) is 7.26. The van der Waals surface area contributed by atoms with Gasteiger partial charge < -0.3 is 15.4 Å². The predicted molar refractivity (Wildman–Crippen MR) is 85.6 cm³/mol. The van der Waals surface area contributed by atoms with Crippen LogP contribution >= 0.6 is 0 Å². The highest BCUT2D eigenvalue weighted by molar-refractivity contribution is 6.02. The van der Waals surface area contributed by atoms with Crippen LogP contribution in [0.3, 0.4) is 0 Å². The largest absolute Gasteiger partial charge is 0.483 e. The molecular formula is C17H17N3O. The Labute approximate surface area is 123 Å². The summed E-state index contributed by atoms with van der Waals surface area (Å²) in [6.45, 7) is 1.48. The van der Waals surface area contributed by atoms with Crippen LogP contribution in [-0.2, 0) is 6.42 Å². The fourth-order valence-electron chi connectivity index (χ4n) is 2.99. The molecule has 4 heteroatoms. The Kier molecular flexibility index (Phi) is 2.81. The highest BCUT2D eigenvalue weighted by Crippen LogP contribution is 2.35. The second kappa shape index (κ2) is 4.81. The summed E-state index contributed by atoms with van der Waals surface area (Å²) in [5.74, 6) is 1.74. The molecule has 106 valence electrons. The number of nitrogens with two attached hydrogens (primary N) is 1. The third-order valence-electron chi connectivity index (χ3n) is 4.01. The van der Waals surface area contributed by atoms with E-state index in [4.69, 9.17) is 15.5 Å². The summed E-state index contributed by atoms with van der Waals surface area (Å²) >= 11 is 0. The van der Waals surface area contributed by atoms with Crippen molar-refractivity contribution in [3.05, 3.63) is 48.0 Å². The Morgan fingerprint density at radius 1 is 1.14 bits per heavy atom. The topological polar surface area (TPSA) is 50.9 Å². The first-order chi connectivity index (χ1) is 10.3. The van der Waals surface area contributed by atoms with Gasteiger partial charge in [-0.3, -0.25) is 0 Å². The van der Waals surface area contributed by atoms with Gasteiger partial charge in [0.15, 0.2) is 0 Å². The second-order valence-electron chi connectivity index (χ2n) is 5.43. The number of anilines is 2. The standard InChI is InChI=1S/C17H17N3O/c18-13-7-8-14-16(10-13)21-11-17(19-14)20-9-3-5-12-4-1-2-6-15(12)20/h1-2,4,6-8,10H,3,5,9,11,18H2. The van der Waals surface area contributed by atoms with Gasteiger partial charge >= 0.3 is 0 Å². The van der Waals surface area contributed by atoms with Crippen molar-refractivity contribution in [2.24, 2.45) is 4.99 Å². The third-order valence-corrected chi connectivity index (χ3v) is 4.01. The summed E-state index contributed by atoms with van der Waals surface area (Å²) in [5, 5.41) is 0. The number of rotatable bonds is 0. The molecule has 2 aliphatic heterocycles. The maximum absolute atomic E-state index is 5.83. The van der Waals surface area contributed by atoms with Gasteiger partial charge in [-0.05, 0) is 36.6 Å². The lowest BCUT2D eigenvalue weighted by atomic mass is 10.0. The summed E-state index contributed by atoms with van der Waals surface area (Å²) in [5.41, 5.74) is 9.98. The number of benzene rings is 2. The van der Waals surface area contributed by atoms with Crippen molar-refractivity contribution in [2.75, 3.05) is 23.8 Å². The van der Waals surface area contributed by atoms with Crippen molar-refractivity contribution in [1.82, 2.24) is 0 Å². The van der Waals surface area contributed by atoms with E-state index in [1.165, 1.54) is 11.3 Å². The number of aryl methyl sites for hydroxylation is 1. The SMILES string of the molecule is Nc1ccc2c(c1)OCC(N1CCCc3ccccc31)=N2. The Morgan fingerprint density at radius 2 is 2.05 bits per heavy atom. The molecule has 0 spiro atoms. The van der Waals surface area contributed by atoms with Gasteiger partial charge in [0.05, 0.1) is 0 Å². The molecule has 0 atom stereocenters. The van der Waals surface area contributed by atoms with E-state index in [2.05, 4.69) is 29.2 Å². The Morgan fingerprint density at radius 3 is 3.00 bits per heavy atom. The Hall–Kier alpha value is -2.49. The molecule has 4 rings (SSSR count). The minimum Gasteiger partial charge on any atom is -0.483 e. The molecule has 2 aromatic carbocycles. The van der Waals surface area contributed by atoms with Gasteiger partial charge in [-0.2, -0.15) is 0 Å². The van der Waals surface area contributed by atoms with Gasteiger partial charge in [-0.1, -0.05) is 18.2 Å². The number of nitrogen functional groups attached to an aromatic ring is 1. The fraction of sp³-hybridized carbons (Fsp3) is 0.235. The number of hydrogen-bond acceptors (Lipinski definition) is 4. The molecule has 2 heterocycles. The highest BCUT2D eigenvalue weighted by atomic mass is 16.5. The van der Waals surface area contributed by atoms with Crippen LogP contribution in [0.4, 0.5) is 17.1 Å². The summed E-state index contributed by atoms with van der Waals surface area (Å²) < 4.78 is 5.83. The van der Waals surface area contributed by atoms with Crippen molar-refractivity contribution >= 4 is 22.9 Å². The lowest BCUT2D eigenvalue weighted by molar-refractivity contribution is 0.369. The zero-order valence-corrected chi connectivity index (χ0v) is 11.7. The highest BCUT2D eigenvalue weighted by Gasteiger charge is 2.24. The van der Waals surface area contributed by atoms with E-state index < -0.39 is 0 Å². The lowest BCUT2D eigenvalue weighted by Crippen LogP contribution is -2.39. The van der Waals surface area contributed by atoms with Crippen molar-refractivity contribution in [3.63, 3.8) is 0 Å². The average molecular weight is 279 g/mol. The molecular weight excluding hydrogens is 262 g/mol. The van der Waals surface area contributed by atoms with E-state index in [0.717, 1.165) is 36.7 Å². The predicted octanol–water partition coefficient (Wildman–Crippen LogP) is 3.14. The van der Waals surface area contributed by atoms with Crippen LogP contribution in [0.5, 0.6) is 5.75 Å². The first-order valence-electron chi connectivity index (χ1n) is 7.26. The van der Waals surface area contributed by atoms with Crippen LogP contribution in [0.2, 0.25) is 0 Å². The van der Waals surface area contributed by atoms with E-state index in [1.807, 2.05) is 18.2 Å². The first kappa shape index (κ1) is 12.3. The van der Waals surface area contributed by atoms with Crippen molar-refractivity contribution in [1.29, 1.82) is 0 Å². The number of hydrogen-bond donors (Lipinski definition) is 1. The van der Waals surface area contributed by atoms with Crippen molar-refractivity contribution in [2.45, 2.75) is 12.8 Å². The molecule has 0 unspecified atom stereocenters. The molecule has 0 radical (unpaired) electrons. The summed E-state index contributed by atoms with van der Waals surface area (Å²) in [4.78, 5) is 7.05. The van der Waals surface area contributed by atoms with E-state index in [-0.39, 0.29) is 0 Å². The molecule has 4 nitrogen and oxygen atoms in total. The molecule has 2 aromatic rings. The second-order valence-corrected chi connectivity index (χ2v) is 5.43. The van der Waals surface area contributed by atoms with Crippen LogP contribution in [0.1, 0.15) is 12.0 Å². The van der Waals surface area contributed by atoms with Gasteiger partial charge in [0, 0.05) is 24.0 Å². The van der Waals surface area contributed by atoms with E-state index in [0.29, 0.717) is 12.3 Å². The molecule has 2 aliphatic rings. The Bertz CT molecular complexity index is 724. The molecule has 2 N–H and O–H groups in total. The summed E-state index contributed by atoms with van der Waals surface area (Å²) in [6.07, 6.45) is 2.28.